The molecule has 0 aromatic carbocycles. The summed E-state index contributed by atoms with van der Waals surface area (Å²) in [4.78, 5) is 41.5. The standard InChI is InChI=1S/C31H48N6O7S2Si2/c1-18(2)47(19(3)4)40-15-24-23(43-48(44-47,20(5)6)21(7)8)14-26(42-24)37-17-33-27-28(37)34-30(35-29(27)38)36-31(39)41-22(9)16-45-46-25-12-10-11-13-32-25/h10-13,17-24,26H,14-16H2,1-9H3,(H2,34,35,36,38,39). The average Bonchev–Trinajstić information content (AvgIpc) is 3.61. The number of nitrogens with zero attached hydrogens (tertiary/aromatic N) is 4. The maximum Gasteiger partial charge on any atom is 0.414 e. The van der Waals surface area contributed by atoms with Gasteiger partial charge in [0.25, 0.3) is 5.56 Å². The molecule has 4 unspecified atom stereocenters. The molecule has 0 aliphatic carbocycles. The molecule has 0 saturated carbocycles. The van der Waals surface area contributed by atoms with Gasteiger partial charge in [-0.1, -0.05) is 72.3 Å². The van der Waals surface area contributed by atoms with Gasteiger partial charge >= 0.3 is 23.2 Å². The Bertz CT molecular complexity index is 1590. The number of H-pyrrole nitrogens is 1. The van der Waals surface area contributed by atoms with Crippen LogP contribution in [0.3, 0.4) is 0 Å². The molecule has 0 bridgehead atoms. The van der Waals surface area contributed by atoms with Crippen LogP contribution in [0, 0.1) is 0 Å². The van der Waals surface area contributed by atoms with E-state index in [-0.39, 0.29) is 51.5 Å². The third-order valence-corrected chi connectivity index (χ3v) is 21.6. The summed E-state index contributed by atoms with van der Waals surface area (Å²) in [6, 6.07) is 5.69. The van der Waals surface area contributed by atoms with Crippen LogP contribution in [-0.2, 0) is 22.4 Å². The minimum absolute atomic E-state index is 0.0466. The predicted molar refractivity (Wildman–Crippen MR) is 193 cm³/mol. The van der Waals surface area contributed by atoms with Gasteiger partial charge in [0, 0.05) is 18.4 Å². The maximum absolute atomic E-state index is 13.0. The SMILES string of the molecule is CC(CSSc1ccccn1)OC(=O)Nc1nc2c(ncn2C2CC3O[Si](C(C)C)(C(C)C)O[Si](C(C)C)(C(C)C)OCC3O2)c(=O)[nH]1. The van der Waals surface area contributed by atoms with E-state index in [0.717, 1.165) is 5.03 Å². The van der Waals surface area contributed by atoms with Crippen molar-refractivity contribution in [3.05, 3.63) is 41.1 Å². The fraction of sp³-hybridized carbons (Fsp3) is 0.645. The van der Waals surface area contributed by atoms with E-state index in [1.54, 1.807) is 24.0 Å². The Balaban J connectivity index is 1.33. The van der Waals surface area contributed by atoms with Crippen LogP contribution in [0.5, 0.6) is 0 Å². The van der Waals surface area contributed by atoms with E-state index >= 15 is 0 Å². The average molecular weight is 737 g/mol. The van der Waals surface area contributed by atoms with Crippen molar-refractivity contribution in [1.82, 2.24) is 24.5 Å². The number of carbonyl (C=O) groups is 1. The van der Waals surface area contributed by atoms with E-state index in [0.29, 0.717) is 18.8 Å². The molecule has 3 aromatic rings. The second-order valence-electron chi connectivity index (χ2n) is 13.6. The Morgan fingerprint density at radius 2 is 1.75 bits per heavy atom. The summed E-state index contributed by atoms with van der Waals surface area (Å²) < 4.78 is 35.2. The number of anilines is 1. The molecule has 3 aromatic heterocycles. The molecule has 2 saturated heterocycles. The van der Waals surface area contributed by atoms with Crippen molar-refractivity contribution in [1.29, 1.82) is 0 Å². The lowest BCUT2D eigenvalue weighted by molar-refractivity contribution is -0.0544. The van der Waals surface area contributed by atoms with Gasteiger partial charge in [0.05, 0.1) is 19.0 Å². The van der Waals surface area contributed by atoms with Crippen molar-refractivity contribution in [2.24, 2.45) is 0 Å². The van der Waals surface area contributed by atoms with Crippen LogP contribution in [0.4, 0.5) is 10.7 Å². The first kappa shape index (κ1) is 37.0. The molecular formula is C31H48N6O7S2Si2. The van der Waals surface area contributed by atoms with Crippen molar-refractivity contribution in [2.45, 2.75) is 120 Å². The Morgan fingerprint density at radius 1 is 1.04 bits per heavy atom. The molecule has 2 aliphatic heterocycles. The molecule has 5 heterocycles. The summed E-state index contributed by atoms with van der Waals surface area (Å²) >= 11 is 0. The smallest absolute Gasteiger partial charge is 0.414 e. The van der Waals surface area contributed by atoms with Crippen LogP contribution in [0.25, 0.3) is 11.2 Å². The van der Waals surface area contributed by atoms with Crippen LogP contribution in [0.2, 0.25) is 22.2 Å². The summed E-state index contributed by atoms with van der Waals surface area (Å²) in [5.41, 5.74) is 0.744. The Labute approximate surface area is 291 Å². The number of imidazole rings is 1. The van der Waals surface area contributed by atoms with Gasteiger partial charge in [0.1, 0.15) is 23.5 Å². The van der Waals surface area contributed by atoms with Crippen LogP contribution in [0.15, 0.2) is 40.5 Å². The number of hydrogen-bond donors (Lipinski definition) is 2. The third-order valence-electron chi connectivity index (χ3n) is 8.88. The predicted octanol–water partition coefficient (Wildman–Crippen LogP) is 7.14. The second-order valence-corrected chi connectivity index (χ2v) is 24.8. The number of amides is 1. The number of fused-ring (bicyclic) bond motifs is 2. The molecule has 2 fully saturated rings. The normalized spacial score (nSPS) is 23.0. The lowest BCUT2D eigenvalue weighted by Gasteiger charge is -2.51. The van der Waals surface area contributed by atoms with E-state index in [1.807, 2.05) is 18.2 Å². The Hall–Kier alpha value is -2.26. The van der Waals surface area contributed by atoms with E-state index in [1.165, 1.54) is 21.6 Å². The minimum atomic E-state index is -2.82. The molecule has 48 heavy (non-hydrogen) atoms. The van der Waals surface area contributed by atoms with Gasteiger partial charge in [-0.2, -0.15) is 4.98 Å². The van der Waals surface area contributed by atoms with E-state index in [9.17, 15) is 9.59 Å². The highest BCUT2D eigenvalue weighted by molar-refractivity contribution is 8.76. The van der Waals surface area contributed by atoms with Crippen LogP contribution in [-0.4, -0.2) is 78.4 Å². The van der Waals surface area contributed by atoms with Gasteiger partial charge in [0.2, 0.25) is 5.95 Å². The fourth-order valence-electron chi connectivity index (χ4n) is 6.43. The highest BCUT2D eigenvalue weighted by atomic mass is 33.1. The van der Waals surface area contributed by atoms with Crippen LogP contribution < -0.4 is 10.9 Å². The minimum Gasteiger partial charge on any atom is -0.445 e. The van der Waals surface area contributed by atoms with Crippen molar-refractivity contribution >= 4 is 61.9 Å². The molecule has 264 valence electrons. The number of carbonyl (C=O) groups excluding carboxylic acids is 1. The van der Waals surface area contributed by atoms with Gasteiger partial charge in [-0.3, -0.25) is 19.7 Å². The monoisotopic (exact) mass is 736 g/mol. The largest absolute Gasteiger partial charge is 0.445 e. The van der Waals surface area contributed by atoms with Gasteiger partial charge < -0.3 is 22.4 Å². The van der Waals surface area contributed by atoms with E-state index < -0.39 is 41.1 Å². The topological polar surface area (TPSA) is 152 Å². The van der Waals surface area contributed by atoms with Crippen molar-refractivity contribution in [2.75, 3.05) is 17.7 Å². The first-order valence-electron chi connectivity index (χ1n) is 16.6. The molecule has 2 N–H and O–H groups in total. The second kappa shape index (κ2) is 15.3. The summed E-state index contributed by atoms with van der Waals surface area (Å²) in [7, 11) is -2.50. The molecule has 13 nitrogen and oxygen atoms in total. The number of aromatic nitrogens is 5. The van der Waals surface area contributed by atoms with Crippen LogP contribution >= 0.6 is 21.6 Å². The lowest BCUT2D eigenvalue weighted by atomic mass is 10.2. The van der Waals surface area contributed by atoms with Crippen molar-refractivity contribution < 1.29 is 27.2 Å². The first-order valence-corrected chi connectivity index (χ1v) is 22.8. The Morgan fingerprint density at radius 3 is 2.40 bits per heavy atom. The number of nitrogens with one attached hydrogen (secondary N) is 2. The highest BCUT2D eigenvalue weighted by Crippen LogP contribution is 2.48. The molecule has 5 rings (SSSR count). The van der Waals surface area contributed by atoms with Crippen molar-refractivity contribution in [3.8, 4) is 0 Å². The maximum atomic E-state index is 13.0. The van der Waals surface area contributed by atoms with Crippen LogP contribution in [0.1, 0.15) is 75.0 Å². The molecular weight excluding hydrogens is 689 g/mol. The molecule has 1 amide bonds. The summed E-state index contributed by atoms with van der Waals surface area (Å²) in [6.45, 7) is 19.7. The van der Waals surface area contributed by atoms with Gasteiger partial charge in [-0.25, -0.2) is 14.8 Å². The molecule has 2 aliphatic rings. The zero-order valence-electron chi connectivity index (χ0n) is 29.1. The summed E-state index contributed by atoms with van der Waals surface area (Å²) in [6.07, 6.45) is 1.51. The fourth-order valence-corrected chi connectivity index (χ4v) is 19.8. The number of rotatable bonds is 11. The summed E-state index contributed by atoms with van der Waals surface area (Å²) in [5, 5.41) is 3.44. The molecule has 4 atom stereocenters. The first-order chi connectivity index (χ1) is 22.8. The lowest BCUT2D eigenvalue weighted by Crippen LogP contribution is -2.65. The number of aromatic amines is 1. The van der Waals surface area contributed by atoms with Gasteiger partial charge in [0.15, 0.2) is 11.2 Å². The quantitative estimate of drug-likeness (QED) is 0.152. The summed E-state index contributed by atoms with van der Waals surface area (Å²) in [5.74, 6) is 0.493. The van der Waals surface area contributed by atoms with Crippen molar-refractivity contribution in [3.63, 3.8) is 0 Å². The zero-order valence-corrected chi connectivity index (χ0v) is 32.7. The highest BCUT2D eigenvalue weighted by Gasteiger charge is 2.60. The van der Waals surface area contributed by atoms with Gasteiger partial charge in [-0.05, 0) is 52.0 Å². The number of hydrogen-bond acceptors (Lipinski definition) is 12. The van der Waals surface area contributed by atoms with E-state index in [4.69, 9.17) is 22.4 Å². The van der Waals surface area contributed by atoms with Gasteiger partial charge in [-0.15, -0.1) is 0 Å². The van der Waals surface area contributed by atoms with E-state index in [2.05, 4.69) is 80.6 Å². The third kappa shape index (κ3) is 7.72. The Kier molecular flexibility index (Phi) is 11.8. The number of pyridine rings is 1. The molecule has 17 heteroatoms. The zero-order chi connectivity index (χ0) is 34.8. The molecule has 0 spiro atoms. The molecule has 0 radical (unpaired) electrons. The number of ether oxygens (including phenoxy) is 2.